The van der Waals surface area contributed by atoms with Gasteiger partial charge in [-0.3, -0.25) is 0 Å². The molecule has 1 aliphatic carbocycles. The van der Waals surface area contributed by atoms with Gasteiger partial charge in [0.15, 0.2) is 0 Å². The molecule has 0 spiro atoms. The molecule has 21 heavy (non-hydrogen) atoms. The van der Waals surface area contributed by atoms with E-state index in [1.54, 1.807) is 0 Å². The monoisotopic (exact) mass is 317 g/mol. The van der Waals surface area contributed by atoms with Crippen molar-refractivity contribution < 1.29 is 0 Å². The Balaban J connectivity index is 1.56. The van der Waals surface area contributed by atoms with Crippen LogP contribution in [0.25, 0.3) is 11.1 Å². The summed E-state index contributed by atoms with van der Waals surface area (Å²) in [6.45, 7) is 2.15. The maximum absolute atomic E-state index is 3.69. The summed E-state index contributed by atoms with van der Waals surface area (Å²) >= 11 is 3.92. The molecule has 0 atom stereocenters. The van der Waals surface area contributed by atoms with Gasteiger partial charge in [-0.1, -0.05) is 43.2 Å². The van der Waals surface area contributed by atoms with Gasteiger partial charge in [-0.15, -0.1) is 11.3 Å². The lowest BCUT2D eigenvalue weighted by molar-refractivity contribution is 0.536. The average molecular weight is 318 g/mol. The minimum absolute atomic E-state index is 0.500. The molecule has 0 aliphatic heterocycles. The number of nitrogens with one attached hydrogen (secondary N) is 1. The first kappa shape index (κ1) is 15.1. The number of thioether (sulfide) groups is 1. The van der Waals surface area contributed by atoms with E-state index in [0.717, 1.165) is 13.1 Å². The third-order valence-electron chi connectivity index (χ3n) is 4.46. The molecule has 0 saturated heterocycles. The summed E-state index contributed by atoms with van der Waals surface area (Å²) in [6, 6.07) is 13.0. The van der Waals surface area contributed by atoms with Crippen molar-refractivity contribution in [2.75, 3.05) is 12.8 Å². The number of rotatable bonds is 6. The van der Waals surface area contributed by atoms with Crippen molar-refractivity contribution in [3.05, 3.63) is 46.7 Å². The number of benzene rings is 1. The average Bonchev–Trinajstić information content (AvgIpc) is 3.18. The van der Waals surface area contributed by atoms with Gasteiger partial charge in [-0.05, 0) is 41.7 Å². The molecule has 0 radical (unpaired) electrons. The third-order valence-corrected chi connectivity index (χ3v) is 6.81. The first-order valence-electron chi connectivity index (χ1n) is 7.70. The molecule has 1 aromatic heterocycles. The van der Waals surface area contributed by atoms with Crippen LogP contribution in [0.2, 0.25) is 0 Å². The molecular formula is C18H23NS2. The van der Waals surface area contributed by atoms with Crippen molar-refractivity contribution in [3.63, 3.8) is 0 Å². The van der Waals surface area contributed by atoms with Crippen LogP contribution in [0.3, 0.4) is 0 Å². The molecule has 3 rings (SSSR count). The zero-order valence-electron chi connectivity index (χ0n) is 12.6. The quantitative estimate of drug-likeness (QED) is 0.788. The molecule has 0 unspecified atom stereocenters. The largest absolute Gasteiger partial charge is 0.310 e. The fourth-order valence-corrected chi connectivity index (χ4v) is 4.95. The van der Waals surface area contributed by atoms with E-state index in [9.17, 15) is 0 Å². The van der Waals surface area contributed by atoms with Crippen molar-refractivity contribution in [1.82, 2.24) is 5.32 Å². The Morgan fingerprint density at radius 3 is 2.62 bits per heavy atom. The predicted octanol–water partition coefficient (Wildman–Crippen LogP) is 5.18. The second kappa shape index (κ2) is 6.99. The molecule has 1 N–H and O–H groups in total. The number of hydrogen-bond acceptors (Lipinski definition) is 3. The van der Waals surface area contributed by atoms with Crippen molar-refractivity contribution >= 4 is 23.1 Å². The summed E-state index contributed by atoms with van der Waals surface area (Å²) in [7, 11) is 0. The first-order valence-corrected chi connectivity index (χ1v) is 9.80. The van der Waals surface area contributed by atoms with E-state index in [1.165, 1.54) is 41.7 Å². The molecule has 1 aliphatic rings. The smallest absolute Gasteiger partial charge is 0.0300 e. The van der Waals surface area contributed by atoms with Gasteiger partial charge >= 0.3 is 0 Å². The summed E-state index contributed by atoms with van der Waals surface area (Å²) in [5.74, 6) is 0. The minimum Gasteiger partial charge on any atom is -0.310 e. The van der Waals surface area contributed by atoms with Crippen LogP contribution in [0, 0.1) is 0 Å². The maximum Gasteiger partial charge on any atom is 0.0300 e. The van der Waals surface area contributed by atoms with Gasteiger partial charge in [0.1, 0.15) is 0 Å². The lowest BCUT2D eigenvalue weighted by Crippen LogP contribution is -2.34. The Labute approximate surface area is 136 Å². The molecule has 112 valence electrons. The Kier molecular flexibility index (Phi) is 5.04. The fourth-order valence-electron chi connectivity index (χ4n) is 3.14. The minimum atomic E-state index is 0.500. The topological polar surface area (TPSA) is 12.0 Å². The molecule has 0 amide bonds. The van der Waals surface area contributed by atoms with Gasteiger partial charge in [0.05, 0.1) is 0 Å². The van der Waals surface area contributed by atoms with Crippen LogP contribution in [0.4, 0.5) is 0 Å². The third kappa shape index (κ3) is 3.71. The molecule has 1 fully saturated rings. The second-order valence-electron chi connectivity index (χ2n) is 5.87. The Hall–Kier alpha value is -0.770. The van der Waals surface area contributed by atoms with Crippen molar-refractivity contribution in [3.8, 4) is 11.1 Å². The molecule has 1 saturated carbocycles. The van der Waals surface area contributed by atoms with E-state index in [4.69, 9.17) is 0 Å². The zero-order valence-corrected chi connectivity index (χ0v) is 14.2. The highest BCUT2D eigenvalue weighted by Crippen LogP contribution is 2.39. The second-order valence-corrected chi connectivity index (χ2v) is 8.14. The summed E-state index contributed by atoms with van der Waals surface area (Å²) in [5, 5.41) is 5.96. The van der Waals surface area contributed by atoms with Gasteiger partial charge in [0.2, 0.25) is 0 Å². The SMILES string of the molecule is CSC1(CNCc2cc(-c3ccccc3)cs2)CCCC1. The highest BCUT2D eigenvalue weighted by molar-refractivity contribution is 8.00. The highest BCUT2D eigenvalue weighted by Gasteiger charge is 2.32. The Bertz CT molecular complexity index is 556. The van der Waals surface area contributed by atoms with Crippen LogP contribution in [0.5, 0.6) is 0 Å². The van der Waals surface area contributed by atoms with E-state index < -0.39 is 0 Å². The zero-order chi connectivity index (χ0) is 14.5. The van der Waals surface area contributed by atoms with Gasteiger partial charge in [-0.2, -0.15) is 11.8 Å². The van der Waals surface area contributed by atoms with Crippen LogP contribution in [-0.4, -0.2) is 17.5 Å². The van der Waals surface area contributed by atoms with Crippen molar-refractivity contribution in [1.29, 1.82) is 0 Å². The van der Waals surface area contributed by atoms with E-state index in [0.29, 0.717) is 4.75 Å². The lowest BCUT2D eigenvalue weighted by Gasteiger charge is -2.26. The standard InChI is InChI=1S/C18H23NS2/c1-20-18(9-5-6-10-18)14-19-12-17-11-16(13-21-17)15-7-3-2-4-8-15/h2-4,7-8,11,13,19H,5-6,9-10,12,14H2,1H3. The van der Waals surface area contributed by atoms with E-state index in [-0.39, 0.29) is 0 Å². The van der Waals surface area contributed by atoms with E-state index in [2.05, 4.69) is 65.1 Å². The van der Waals surface area contributed by atoms with Gasteiger partial charge in [0, 0.05) is 22.7 Å². The van der Waals surface area contributed by atoms with E-state index in [1.807, 2.05) is 11.3 Å². The highest BCUT2D eigenvalue weighted by atomic mass is 32.2. The normalized spacial score (nSPS) is 17.2. The van der Waals surface area contributed by atoms with Gasteiger partial charge < -0.3 is 5.32 Å². The molecule has 1 heterocycles. The number of thiophene rings is 1. The first-order chi connectivity index (χ1) is 10.3. The molecule has 2 aromatic rings. The Morgan fingerprint density at radius 1 is 1.14 bits per heavy atom. The molecule has 3 heteroatoms. The molecule has 1 nitrogen and oxygen atoms in total. The van der Waals surface area contributed by atoms with E-state index >= 15 is 0 Å². The summed E-state index contributed by atoms with van der Waals surface area (Å²) in [4.78, 5) is 1.43. The van der Waals surface area contributed by atoms with Crippen LogP contribution in [-0.2, 0) is 6.54 Å². The predicted molar refractivity (Wildman–Crippen MR) is 96.2 cm³/mol. The molecule has 0 bridgehead atoms. The fraction of sp³-hybridized carbons (Fsp3) is 0.444. The maximum atomic E-state index is 3.69. The lowest BCUT2D eigenvalue weighted by atomic mass is 10.1. The summed E-state index contributed by atoms with van der Waals surface area (Å²) in [6.07, 6.45) is 7.83. The van der Waals surface area contributed by atoms with Crippen molar-refractivity contribution in [2.24, 2.45) is 0 Å². The van der Waals surface area contributed by atoms with Crippen LogP contribution >= 0.6 is 23.1 Å². The van der Waals surface area contributed by atoms with Crippen LogP contribution < -0.4 is 5.32 Å². The van der Waals surface area contributed by atoms with Crippen LogP contribution in [0.15, 0.2) is 41.8 Å². The Morgan fingerprint density at radius 2 is 1.90 bits per heavy atom. The summed E-state index contributed by atoms with van der Waals surface area (Å²) in [5.41, 5.74) is 2.66. The van der Waals surface area contributed by atoms with Gasteiger partial charge in [-0.25, -0.2) is 0 Å². The molecule has 1 aromatic carbocycles. The molecular weight excluding hydrogens is 294 g/mol. The summed E-state index contributed by atoms with van der Waals surface area (Å²) < 4.78 is 0.500. The number of hydrogen-bond donors (Lipinski definition) is 1. The van der Waals surface area contributed by atoms with Crippen molar-refractivity contribution in [2.45, 2.75) is 37.0 Å². The van der Waals surface area contributed by atoms with Gasteiger partial charge in [0.25, 0.3) is 0 Å². The van der Waals surface area contributed by atoms with Crippen LogP contribution in [0.1, 0.15) is 30.6 Å².